The quantitative estimate of drug-likeness (QED) is 0.403. The molecule has 2 aromatic carbocycles. The molecule has 1 N–H and O–H groups in total. The summed E-state index contributed by atoms with van der Waals surface area (Å²) >= 11 is 13.8. The van der Waals surface area contributed by atoms with Crippen LogP contribution in [-0.2, 0) is 14.3 Å². The van der Waals surface area contributed by atoms with Crippen molar-refractivity contribution in [3.63, 3.8) is 0 Å². The maximum Gasteiger partial charge on any atom is 0.331 e. The second-order valence-corrected chi connectivity index (χ2v) is 6.98. The van der Waals surface area contributed by atoms with E-state index in [1.54, 1.807) is 36.9 Å². The number of aryl methyl sites for hydroxylation is 1. The van der Waals surface area contributed by atoms with E-state index in [9.17, 15) is 9.59 Å². The fourth-order valence-electron chi connectivity index (χ4n) is 2.01. The lowest BCUT2D eigenvalue weighted by atomic mass is 10.2. The number of hydrogen-bond donors (Lipinski definition) is 1. The lowest BCUT2D eigenvalue weighted by molar-refractivity contribution is -0.142. The van der Waals surface area contributed by atoms with Crippen LogP contribution in [0, 0.1) is 6.92 Å². The van der Waals surface area contributed by atoms with Gasteiger partial charge in [-0.3, -0.25) is 4.79 Å². The molecule has 2 aromatic rings. The highest BCUT2D eigenvalue weighted by Gasteiger charge is 2.12. The highest BCUT2D eigenvalue weighted by Crippen LogP contribution is 2.32. The van der Waals surface area contributed by atoms with Gasteiger partial charge in [0.1, 0.15) is 0 Å². The Bertz CT molecular complexity index is 835. The minimum atomic E-state index is -0.615. The summed E-state index contributed by atoms with van der Waals surface area (Å²) < 4.78 is 4.92. The zero-order chi connectivity index (χ0) is 19.1. The van der Waals surface area contributed by atoms with Crippen LogP contribution in [0.4, 0.5) is 5.69 Å². The van der Waals surface area contributed by atoms with Gasteiger partial charge in [0.15, 0.2) is 6.61 Å². The number of amides is 1. The first-order chi connectivity index (χ1) is 12.4. The molecule has 0 saturated carbocycles. The Hall–Kier alpha value is -1.95. The number of benzene rings is 2. The molecule has 7 heteroatoms. The monoisotopic (exact) mass is 409 g/mol. The van der Waals surface area contributed by atoms with Crippen molar-refractivity contribution in [2.75, 3.05) is 18.2 Å². The minimum absolute atomic E-state index is 0.304. The van der Waals surface area contributed by atoms with Crippen LogP contribution in [0.2, 0.25) is 10.0 Å². The zero-order valence-corrected chi connectivity index (χ0v) is 16.5. The maximum absolute atomic E-state index is 11.9. The predicted molar refractivity (Wildman–Crippen MR) is 108 cm³/mol. The van der Waals surface area contributed by atoms with E-state index in [0.29, 0.717) is 15.7 Å². The molecule has 0 bridgehead atoms. The normalized spacial score (nSPS) is 10.8. The van der Waals surface area contributed by atoms with Crippen molar-refractivity contribution in [1.29, 1.82) is 0 Å². The van der Waals surface area contributed by atoms with E-state index in [-0.39, 0.29) is 0 Å². The number of rotatable bonds is 6. The highest BCUT2D eigenvalue weighted by molar-refractivity contribution is 7.98. The molecule has 2 rings (SSSR count). The number of thioether (sulfide) groups is 1. The number of halogens is 2. The average Bonchev–Trinajstić information content (AvgIpc) is 2.65. The van der Waals surface area contributed by atoms with Crippen molar-refractivity contribution < 1.29 is 14.3 Å². The predicted octanol–water partition coefficient (Wildman–Crippen LogP) is 5.22. The zero-order valence-electron chi connectivity index (χ0n) is 14.2. The van der Waals surface area contributed by atoms with Crippen molar-refractivity contribution >= 4 is 58.6 Å². The van der Waals surface area contributed by atoms with Crippen molar-refractivity contribution in [2.24, 2.45) is 0 Å². The molecule has 4 nitrogen and oxygen atoms in total. The third-order valence-corrected chi connectivity index (χ3v) is 4.97. The molecule has 0 fully saturated rings. The van der Waals surface area contributed by atoms with Crippen molar-refractivity contribution in [1.82, 2.24) is 0 Å². The molecule has 1 amide bonds. The first-order valence-electron chi connectivity index (χ1n) is 7.64. The summed E-state index contributed by atoms with van der Waals surface area (Å²) in [4.78, 5) is 24.8. The summed E-state index contributed by atoms with van der Waals surface area (Å²) in [6, 6.07) is 11.1. The number of nitrogens with one attached hydrogen (secondary N) is 1. The Balaban J connectivity index is 1.87. The van der Waals surface area contributed by atoms with Crippen molar-refractivity contribution in [3.05, 3.63) is 63.6 Å². The van der Waals surface area contributed by atoms with E-state index in [0.717, 1.165) is 16.0 Å². The Morgan fingerprint density at radius 1 is 1.15 bits per heavy atom. The van der Waals surface area contributed by atoms with E-state index >= 15 is 0 Å². The van der Waals surface area contributed by atoms with Crippen LogP contribution in [0.25, 0.3) is 6.08 Å². The summed E-state index contributed by atoms with van der Waals surface area (Å²) in [7, 11) is 0. The molecule has 0 unspecified atom stereocenters. The lowest BCUT2D eigenvalue weighted by Gasteiger charge is -2.11. The van der Waals surface area contributed by atoms with Crippen LogP contribution in [0.3, 0.4) is 0 Å². The molecule has 0 heterocycles. The van der Waals surface area contributed by atoms with E-state index in [1.165, 1.54) is 6.08 Å². The standard InChI is InChI=1S/C19H17Cl2NO3S/c1-12-3-9-15(20)19(18(12)21)22-16(23)11-25-17(24)10-6-13-4-7-14(26-2)8-5-13/h3-10H,11H2,1-2H3,(H,22,23)/b10-6+. The van der Waals surface area contributed by atoms with Crippen LogP contribution in [-0.4, -0.2) is 24.7 Å². The van der Waals surface area contributed by atoms with Gasteiger partial charge in [0, 0.05) is 11.0 Å². The van der Waals surface area contributed by atoms with Gasteiger partial charge in [0.25, 0.3) is 5.91 Å². The molecule has 0 atom stereocenters. The molecule has 0 spiro atoms. The fraction of sp³-hybridized carbons (Fsp3) is 0.158. The molecule has 0 aliphatic rings. The Morgan fingerprint density at radius 2 is 1.85 bits per heavy atom. The molecule has 0 aliphatic heterocycles. The van der Waals surface area contributed by atoms with Crippen molar-refractivity contribution in [3.8, 4) is 0 Å². The van der Waals surface area contributed by atoms with Crippen molar-refractivity contribution in [2.45, 2.75) is 11.8 Å². The van der Waals surface area contributed by atoms with Gasteiger partial charge in [0.2, 0.25) is 0 Å². The SMILES string of the molecule is CSc1ccc(/C=C/C(=O)OCC(=O)Nc2c(Cl)ccc(C)c2Cl)cc1. The van der Waals surface area contributed by atoms with Crippen LogP contribution in [0.15, 0.2) is 47.4 Å². The molecular weight excluding hydrogens is 393 g/mol. The largest absolute Gasteiger partial charge is 0.452 e. The second-order valence-electron chi connectivity index (χ2n) is 5.32. The molecular formula is C19H17Cl2NO3S. The number of anilines is 1. The first kappa shape index (κ1) is 20.4. The molecule has 0 saturated heterocycles. The number of carbonyl (C=O) groups is 2. The summed E-state index contributed by atoms with van der Waals surface area (Å²) in [6.45, 7) is 1.36. The number of hydrogen-bond acceptors (Lipinski definition) is 4. The van der Waals surface area contributed by atoms with Crippen LogP contribution in [0.5, 0.6) is 0 Å². The third kappa shape index (κ3) is 5.80. The van der Waals surface area contributed by atoms with Gasteiger partial charge < -0.3 is 10.1 Å². The maximum atomic E-state index is 11.9. The smallest absolute Gasteiger partial charge is 0.331 e. The Kier molecular flexibility index (Phi) is 7.57. The highest BCUT2D eigenvalue weighted by atomic mass is 35.5. The molecule has 0 aromatic heterocycles. The van der Waals surface area contributed by atoms with E-state index in [4.69, 9.17) is 27.9 Å². The van der Waals surface area contributed by atoms with Crippen LogP contribution < -0.4 is 5.32 Å². The number of carbonyl (C=O) groups excluding carboxylic acids is 2. The third-order valence-electron chi connectivity index (χ3n) is 3.42. The number of esters is 1. The van der Waals surface area contributed by atoms with Gasteiger partial charge in [-0.05, 0) is 48.6 Å². The molecule has 0 radical (unpaired) electrons. The first-order valence-corrected chi connectivity index (χ1v) is 9.62. The van der Waals surface area contributed by atoms with Gasteiger partial charge in [-0.2, -0.15) is 0 Å². The number of ether oxygens (including phenoxy) is 1. The topological polar surface area (TPSA) is 55.4 Å². The van der Waals surface area contributed by atoms with Gasteiger partial charge in [-0.1, -0.05) is 41.4 Å². The Morgan fingerprint density at radius 3 is 2.50 bits per heavy atom. The van der Waals surface area contributed by atoms with E-state index < -0.39 is 18.5 Å². The molecule has 26 heavy (non-hydrogen) atoms. The summed E-state index contributed by atoms with van der Waals surface area (Å²) in [5, 5.41) is 3.22. The van der Waals surface area contributed by atoms with E-state index in [2.05, 4.69) is 5.32 Å². The lowest BCUT2D eigenvalue weighted by Crippen LogP contribution is -2.20. The second kappa shape index (κ2) is 9.67. The summed E-state index contributed by atoms with van der Waals surface area (Å²) in [5.41, 5.74) is 1.94. The summed E-state index contributed by atoms with van der Waals surface area (Å²) in [6.07, 6.45) is 4.89. The van der Waals surface area contributed by atoms with Gasteiger partial charge in [-0.15, -0.1) is 11.8 Å². The summed E-state index contributed by atoms with van der Waals surface area (Å²) in [5.74, 6) is -1.14. The fourth-order valence-corrected chi connectivity index (χ4v) is 2.88. The van der Waals surface area contributed by atoms with Crippen LogP contribution >= 0.6 is 35.0 Å². The van der Waals surface area contributed by atoms with E-state index in [1.807, 2.05) is 30.5 Å². The van der Waals surface area contributed by atoms with Crippen LogP contribution in [0.1, 0.15) is 11.1 Å². The van der Waals surface area contributed by atoms with Gasteiger partial charge >= 0.3 is 5.97 Å². The van der Waals surface area contributed by atoms with Gasteiger partial charge in [-0.25, -0.2) is 4.79 Å². The Labute approximate surface area is 166 Å². The molecule has 0 aliphatic carbocycles. The van der Waals surface area contributed by atoms with Gasteiger partial charge in [0.05, 0.1) is 15.7 Å². The molecule has 136 valence electrons. The average molecular weight is 410 g/mol. The minimum Gasteiger partial charge on any atom is -0.452 e.